The van der Waals surface area contributed by atoms with Crippen LogP contribution in [0.3, 0.4) is 0 Å². The van der Waals surface area contributed by atoms with Gasteiger partial charge < -0.3 is 10.4 Å². The molecule has 0 bridgehead atoms. The van der Waals surface area contributed by atoms with Gasteiger partial charge in [0, 0.05) is 17.8 Å². The molecule has 0 fully saturated rings. The SMILES string of the molecule is C#Cc1cccc(NC(=O)CN(C)C[C@H](O)CC)c1. The van der Waals surface area contributed by atoms with Crippen molar-refractivity contribution in [3.8, 4) is 12.3 Å². The Balaban J connectivity index is 2.49. The number of carbonyl (C=O) groups excluding carboxylic acids is 1. The Morgan fingerprint density at radius 3 is 2.95 bits per heavy atom. The van der Waals surface area contributed by atoms with Gasteiger partial charge in [0.2, 0.25) is 5.91 Å². The van der Waals surface area contributed by atoms with Crippen LogP contribution in [0.1, 0.15) is 18.9 Å². The Labute approximate surface area is 114 Å². The highest BCUT2D eigenvalue weighted by atomic mass is 16.3. The van der Waals surface area contributed by atoms with E-state index >= 15 is 0 Å². The van der Waals surface area contributed by atoms with Gasteiger partial charge in [0.1, 0.15) is 0 Å². The molecule has 0 spiro atoms. The molecular formula is C15H20N2O2. The van der Waals surface area contributed by atoms with Gasteiger partial charge in [-0.3, -0.25) is 9.69 Å². The fourth-order valence-corrected chi connectivity index (χ4v) is 1.69. The number of nitrogens with one attached hydrogen (secondary N) is 1. The molecule has 0 saturated heterocycles. The van der Waals surface area contributed by atoms with Gasteiger partial charge in [-0.05, 0) is 31.7 Å². The number of hydrogen-bond acceptors (Lipinski definition) is 3. The van der Waals surface area contributed by atoms with Crippen molar-refractivity contribution in [2.45, 2.75) is 19.4 Å². The first-order valence-electron chi connectivity index (χ1n) is 6.28. The first kappa shape index (κ1) is 15.2. The summed E-state index contributed by atoms with van der Waals surface area (Å²) in [5, 5.41) is 12.3. The average molecular weight is 260 g/mol. The first-order valence-corrected chi connectivity index (χ1v) is 6.28. The molecule has 0 aromatic heterocycles. The molecule has 0 aliphatic carbocycles. The number of aliphatic hydroxyl groups is 1. The van der Waals surface area contributed by atoms with Crippen molar-refractivity contribution in [2.75, 3.05) is 25.5 Å². The molecule has 19 heavy (non-hydrogen) atoms. The van der Waals surface area contributed by atoms with Crippen molar-refractivity contribution in [1.29, 1.82) is 0 Å². The van der Waals surface area contributed by atoms with Crippen LogP contribution < -0.4 is 5.32 Å². The molecule has 0 radical (unpaired) electrons. The molecule has 102 valence electrons. The molecule has 0 aliphatic rings. The summed E-state index contributed by atoms with van der Waals surface area (Å²) >= 11 is 0. The first-order chi connectivity index (χ1) is 9.05. The molecule has 4 nitrogen and oxygen atoms in total. The van der Waals surface area contributed by atoms with E-state index in [0.717, 1.165) is 5.56 Å². The highest BCUT2D eigenvalue weighted by Gasteiger charge is 2.10. The van der Waals surface area contributed by atoms with Crippen LogP contribution in [-0.4, -0.2) is 42.2 Å². The number of carbonyl (C=O) groups is 1. The van der Waals surface area contributed by atoms with Crippen LogP contribution in [0.4, 0.5) is 5.69 Å². The van der Waals surface area contributed by atoms with E-state index in [9.17, 15) is 9.90 Å². The highest BCUT2D eigenvalue weighted by molar-refractivity contribution is 5.92. The molecule has 1 aromatic rings. The number of likely N-dealkylation sites (N-methyl/N-ethyl adjacent to an activating group) is 1. The number of hydrogen-bond donors (Lipinski definition) is 2. The Hall–Kier alpha value is -1.83. The second kappa shape index (κ2) is 7.57. The summed E-state index contributed by atoms with van der Waals surface area (Å²) in [5.74, 6) is 2.40. The maximum Gasteiger partial charge on any atom is 0.238 e. The highest BCUT2D eigenvalue weighted by Crippen LogP contribution is 2.09. The van der Waals surface area contributed by atoms with Crippen molar-refractivity contribution in [3.05, 3.63) is 29.8 Å². The van der Waals surface area contributed by atoms with Crippen LogP contribution in [0.15, 0.2) is 24.3 Å². The minimum absolute atomic E-state index is 0.125. The van der Waals surface area contributed by atoms with E-state index in [2.05, 4.69) is 11.2 Å². The van der Waals surface area contributed by atoms with Crippen molar-refractivity contribution in [2.24, 2.45) is 0 Å². The normalized spacial score (nSPS) is 11.9. The molecule has 0 unspecified atom stereocenters. The smallest absolute Gasteiger partial charge is 0.238 e. The van der Waals surface area contributed by atoms with Crippen molar-refractivity contribution in [1.82, 2.24) is 4.90 Å². The minimum Gasteiger partial charge on any atom is -0.392 e. The van der Waals surface area contributed by atoms with Gasteiger partial charge in [-0.15, -0.1) is 6.42 Å². The third kappa shape index (κ3) is 5.56. The van der Waals surface area contributed by atoms with Crippen LogP contribution in [-0.2, 0) is 4.79 Å². The fraction of sp³-hybridized carbons (Fsp3) is 0.400. The van der Waals surface area contributed by atoms with E-state index in [1.807, 2.05) is 6.92 Å². The number of anilines is 1. The summed E-state index contributed by atoms with van der Waals surface area (Å²) in [5.41, 5.74) is 1.41. The lowest BCUT2D eigenvalue weighted by atomic mass is 10.2. The van der Waals surface area contributed by atoms with Crippen LogP contribution in [0, 0.1) is 12.3 Å². The topological polar surface area (TPSA) is 52.6 Å². The van der Waals surface area contributed by atoms with E-state index in [1.54, 1.807) is 36.2 Å². The minimum atomic E-state index is -0.400. The maximum atomic E-state index is 11.8. The van der Waals surface area contributed by atoms with Gasteiger partial charge in [-0.1, -0.05) is 18.9 Å². The quantitative estimate of drug-likeness (QED) is 0.758. The summed E-state index contributed by atoms with van der Waals surface area (Å²) in [4.78, 5) is 13.6. The zero-order valence-electron chi connectivity index (χ0n) is 11.4. The number of nitrogens with zero attached hydrogens (tertiary/aromatic N) is 1. The molecule has 0 aliphatic heterocycles. The second-order valence-corrected chi connectivity index (χ2v) is 4.53. The van der Waals surface area contributed by atoms with E-state index < -0.39 is 6.10 Å². The second-order valence-electron chi connectivity index (χ2n) is 4.53. The van der Waals surface area contributed by atoms with E-state index in [1.165, 1.54) is 0 Å². The van der Waals surface area contributed by atoms with Gasteiger partial charge in [-0.25, -0.2) is 0 Å². The van der Waals surface area contributed by atoms with Crippen molar-refractivity contribution < 1.29 is 9.90 Å². The molecular weight excluding hydrogens is 240 g/mol. The van der Waals surface area contributed by atoms with Gasteiger partial charge in [-0.2, -0.15) is 0 Å². The predicted molar refractivity (Wildman–Crippen MR) is 76.8 cm³/mol. The number of benzene rings is 1. The van der Waals surface area contributed by atoms with E-state index in [-0.39, 0.29) is 12.5 Å². The van der Waals surface area contributed by atoms with Gasteiger partial charge in [0.05, 0.1) is 12.6 Å². The van der Waals surface area contributed by atoms with E-state index in [4.69, 9.17) is 6.42 Å². The molecule has 2 N–H and O–H groups in total. The number of aliphatic hydroxyl groups excluding tert-OH is 1. The molecule has 0 heterocycles. The molecule has 4 heteroatoms. The molecule has 1 aromatic carbocycles. The summed E-state index contributed by atoms with van der Waals surface area (Å²) in [6, 6.07) is 7.15. The number of amides is 1. The lowest BCUT2D eigenvalue weighted by Crippen LogP contribution is -2.35. The third-order valence-electron chi connectivity index (χ3n) is 2.72. The van der Waals surface area contributed by atoms with Crippen LogP contribution in [0.5, 0.6) is 0 Å². The zero-order chi connectivity index (χ0) is 14.3. The summed E-state index contributed by atoms with van der Waals surface area (Å²) in [7, 11) is 1.80. The van der Waals surface area contributed by atoms with Gasteiger partial charge in [0.15, 0.2) is 0 Å². The van der Waals surface area contributed by atoms with Gasteiger partial charge >= 0.3 is 0 Å². The Morgan fingerprint density at radius 2 is 2.32 bits per heavy atom. The molecule has 1 atom stereocenters. The molecule has 0 saturated carbocycles. The molecule has 1 rings (SSSR count). The zero-order valence-corrected chi connectivity index (χ0v) is 11.4. The maximum absolute atomic E-state index is 11.8. The lowest BCUT2D eigenvalue weighted by molar-refractivity contribution is -0.117. The Kier molecular flexibility index (Phi) is 6.07. The van der Waals surface area contributed by atoms with Crippen LogP contribution in [0.25, 0.3) is 0 Å². The third-order valence-corrected chi connectivity index (χ3v) is 2.72. The summed E-state index contributed by atoms with van der Waals surface area (Å²) < 4.78 is 0. The number of rotatable bonds is 6. The largest absolute Gasteiger partial charge is 0.392 e. The standard InChI is InChI=1S/C15H20N2O2/c1-4-12-7-6-8-13(9-12)16-15(19)11-17(3)10-14(18)5-2/h1,6-9,14,18H,5,10-11H2,2-3H3,(H,16,19)/t14-/m1/s1. The lowest BCUT2D eigenvalue weighted by Gasteiger charge is -2.19. The van der Waals surface area contributed by atoms with Crippen LogP contribution in [0.2, 0.25) is 0 Å². The molecule has 1 amide bonds. The number of terminal acetylenes is 1. The van der Waals surface area contributed by atoms with Gasteiger partial charge in [0.25, 0.3) is 0 Å². The van der Waals surface area contributed by atoms with Crippen molar-refractivity contribution in [3.63, 3.8) is 0 Å². The average Bonchev–Trinajstić information content (AvgIpc) is 2.38. The summed E-state index contributed by atoms with van der Waals surface area (Å²) in [6.07, 6.45) is 5.58. The Morgan fingerprint density at radius 1 is 1.58 bits per heavy atom. The fourth-order valence-electron chi connectivity index (χ4n) is 1.69. The summed E-state index contributed by atoms with van der Waals surface area (Å²) in [6.45, 7) is 2.62. The Bertz CT molecular complexity index is 465. The van der Waals surface area contributed by atoms with Crippen molar-refractivity contribution >= 4 is 11.6 Å². The monoisotopic (exact) mass is 260 g/mol. The van der Waals surface area contributed by atoms with E-state index in [0.29, 0.717) is 18.7 Å². The van der Waals surface area contributed by atoms with Crippen LogP contribution >= 0.6 is 0 Å². The predicted octanol–water partition coefficient (Wildman–Crippen LogP) is 1.31.